The van der Waals surface area contributed by atoms with Crippen molar-refractivity contribution in [3.05, 3.63) is 17.8 Å². The highest BCUT2D eigenvalue weighted by molar-refractivity contribution is 5.94. The van der Waals surface area contributed by atoms with E-state index >= 15 is 0 Å². The number of aromatic carboxylic acids is 1. The van der Waals surface area contributed by atoms with E-state index in [0.717, 1.165) is 0 Å². The number of hydrogen-bond acceptors (Lipinski definition) is 5. The smallest absolute Gasteiger partial charge is 0.339 e. The van der Waals surface area contributed by atoms with E-state index in [0.29, 0.717) is 37.8 Å². The van der Waals surface area contributed by atoms with Gasteiger partial charge in [-0.1, -0.05) is 0 Å². The van der Waals surface area contributed by atoms with Crippen LogP contribution in [0.3, 0.4) is 0 Å². The molecule has 0 unspecified atom stereocenters. The summed E-state index contributed by atoms with van der Waals surface area (Å²) in [5.74, 6) is -0.599. The van der Waals surface area contributed by atoms with Gasteiger partial charge in [-0.05, 0) is 19.9 Å². The Labute approximate surface area is 106 Å². The summed E-state index contributed by atoms with van der Waals surface area (Å²) in [6.07, 6.45) is 1.46. The quantitative estimate of drug-likeness (QED) is 0.710. The predicted molar refractivity (Wildman–Crippen MR) is 70.0 cm³/mol. The second-order valence-corrected chi connectivity index (χ2v) is 3.72. The number of carboxylic acid groups (broad SMARTS) is 1. The Hall–Kier alpha value is -1.82. The van der Waals surface area contributed by atoms with Gasteiger partial charge in [0.05, 0.1) is 18.5 Å². The van der Waals surface area contributed by atoms with Crippen molar-refractivity contribution in [3.8, 4) is 0 Å². The molecule has 6 heteroatoms. The molecule has 0 saturated carbocycles. The van der Waals surface area contributed by atoms with Crippen molar-refractivity contribution in [1.29, 1.82) is 0 Å². The summed E-state index contributed by atoms with van der Waals surface area (Å²) in [6.45, 7) is 6.29. The summed E-state index contributed by atoms with van der Waals surface area (Å²) in [4.78, 5) is 17.1. The lowest BCUT2D eigenvalue weighted by Gasteiger charge is -2.23. The van der Waals surface area contributed by atoms with Crippen molar-refractivity contribution in [2.45, 2.75) is 13.8 Å². The number of anilines is 2. The molecule has 18 heavy (non-hydrogen) atoms. The van der Waals surface area contributed by atoms with Gasteiger partial charge in [-0.15, -0.1) is 0 Å². The van der Waals surface area contributed by atoms with E-state index in [1.165, 1.54) is 12.3 Å². The topological polar surface area (TPSA) is 88.7 Å². The van der Waals surface area contributed by atoms with Crippen molar-refractivity contribution < 1.29 is 14.6 Å². The maximum absolute atomic E-state index is 11.2. The molecule has 0 aliphatic rings. The molecule has 1 aromatic heterocycles. The lowest BCUT2D eigenvalue weighted by atomic mass is 10.2. The van der Waals surface area contributed by atoms with Crippen LogP contribution in [0.1, 0.15) is 24.2 Å². The summed E-state index contributed by atoms with van der Waals surface area (Å²) in [5.41, 5.74) is 6.02. The molecule has 0 radical (unpaired) electrons. The molecule has 0 aliphatic heterocycles. The van der Waals surface area contributed by atoms with Crippen molar-refractivity contribution >= 4 is 17.5 Å². The summed E-state index contributed by atoms with van der Waals surface area (Å²) < 4.78 is 5.27. The van der Waals surface area contributed by atoms with Gasteiger partial charge in [0.1, 0.15) is 11.4 Å². The molecule has 0 aliphatic carbocycles. The lowest BCUT2D eigenvalue weighted by Crippen LogP contribution is -2.29. The van der Waals surface area contributed by atoms with Gasteiger partial charge in [0, 0.05) is 19.7 Å². The number of nitrogen functional groups attached to an aromatic ring is 1. The summed E-state index contributed by atoms with van der Waals surface area (Å²) in [7, 11) is 0. The van der Waals surface area contributed by atoms with Gasteiger partial charge in [-0.2, -0.15) is 0 Å². The molecular weight excluding hydrogens is 234 g/mol. The Morgan fingerprint density at radius 1 is 1.56 bits per heavy atom. The average molecular weight is 253 g/mol. The Bertz CT molecular complexity index is 410. The van der Waals surface area contributed by atoms with Gasteiger partial charge >= 0.3 is 5.97 Å². The van der Waals surface area contributed by atoms with Gasteiger partial charge < -0.3 is 20.5 Å². The van der Waals surface area contributed by atoms with Gasteiger partial charge in [0.2, 0.25) is 0 Å². The fraction of sp³-hybridized carbons (Fsp3) is 0.500. The Morgan fingerprint density at radius 3 is 2.83 bits per heavy atom. The average Bonchev–Trinajstić information content (AvgIpc) is 2.35. The van der Waals surface area contributed by atoms with Crippen LogP contribution in [-0.2, 0) is 4.74 Å². The fourth-order valence-corrected chi connectivity index (χ4v) is 1.62. The van der Waals surface area contributed by atoms with Crippen LogP contribution in [0.4, 0.5) is 11.5 Å². The summed E-state index contributed by atoms with van der Waals surface area (Å²) in [6, 6.07) is 1.42. The first kappa shape index (κ1) is 14.2. The minimum Gasteiger partial charge on any atom is -0.478 e. The maximum Gasteiger partial charge on any atom is 0.339 e. The van der Waals surface area contributed by atoms with Crippen LogP contribution in [0.2, 0.25) is 0 Å². The molecule has 100 valence electrons. The third-order valence-electron chi connectivity index (χ3n) is 2.51. The van der Waals surface area contributed by atoms with E-state index in [1.54, 1.807) is 0 Å². The second kappa shape index (κ2) is 6.80. The maximum atomic E-state index is 11.2. The number of pyridine rings is 1. The highest BCUT2D eigenvalue weighted by Gasteiger charge is 2.16. The van der Waals surface area contributed by atoms with Gasteiger partial charge in [-0.25, -0.2) is 9.78 Å². The minimum atomic E-state index is -1.03. The molecule has 0 atom stereocenters. The molecule has 0 bridgehead atoms. The normalized spacial score (nSPS) is 10.3. The van der Waals surface area contributed by atoms with E-state index in [1.807, 2.05) is 18.7 Å². The fourth-order valence-electron chi connectivity index (χ4n) is 1.62. The second-order valence-electron chi connectivity index (χ2n) is 3.72. The molecule has 3 N–H and O–H groups in total. The molecule has 6 nitrogen and oxygen atoms in total. The SMILES string of the molecule is CCOCCN(CC)c1ncc(N)cc1C(=O)O. The van der Waals surface area contributed by atoms with Gasteiger partial charge in [0.25, 0.3) is 0 Å². The summed E-state index contributed by atoms with van der Waals surface area (Å²) >= 11 is 0. The van der Waals surface area contributed by atoms with Crippen LogP contribution in [-0.4, -0.2) is 42.4 Å². The molecular formula is C12H19N3O3. The number of carbonyl (C=O) groups is 1. The molecule has 0 amide bonds. The van der Waals surface area contributed by atoms with Crippen LogP contribution in [0.25, 0.3) is 0 Å². The van der Waals surface area contributed by atoms with E-state index in [4.69, 9.17) is 15.6 Å². The molecule has 1 rings (SSSR count). The van der Waals surface area contributed by atoms with Gasteiger partial charge in [0.15, 0.2) is 0 Å². The van der Waals surface area contributed by atoms with E-state index < -0.39 is 5.97 Å². The third kappa shape index (κ3) is 3.59. The van der Waals surface area contributed by atoms with Crippen LogP contribution in [0.15, 0.2) is 12.3 Å². The number of aromatic nitrogens is 1. The number of nitrogens with two attached hydrogens (primary N) is 1. The number of carboxylic acids is 1. The Balaban J connectivity index is 2.93. The molecule has 1 heterocycles. The van der Waals surface area contributed by atoms with Crippen LogP contribution in [0, 0.1) is 0 Å². The number of nitrogens with zero attached hydrogens (tertiary/aromatic N) is 2. The Morgan fingerprint density at radius 2 is 2.28 bits per heavy atom. The van der Waals surface area contributed by atoms with Crippen molar-refractivity contribution in [2.24, 2.45) is 0 Å². The third-order valence-corrected chi connectivity index (χ3v) is 2.51. The standard InChI is InChI=1S/C12H19N3O3/c1-3-15(5-6-18-4-2)11-10(12(16)17)7-9(13)8-14-11/h7-8H,3-6,13H2,1-2H3,(H,16,17). The summed E-state index contributed by atoms with van der Waals surface area (Å²) in [5, 5.41) is 9.15. The van der Waals surface area contributed by atoms with E-state index in [2.05, 4.69) is 4.98 Å². The van der Waals surface area contributed by atoms with E-state index in [-0.39, 0.29) is 5.56 Å². The zero-order chi connectivity index (χ0) is 13.5. The first-order valence-electron chi connectivity index (χ1n) is 5.91. The molecule has 0 fully saturated rings. The number of likely N-dealkylation sites (N-methyl/N-ethyl adjacent to an activating group) is 1. The molecule has 0 saturated heterocycles. The largest absolute Gasteiger partial charge is 0.478 e. The predicted octanol–water partition coefficient (Wildman–Crippen LogP) is 1.22. The first-order valence-corrected chi connectivity index (χ1v) is 5.91. The van der Waals surface area contributed by atoms with Crippen molar-refractivity contribution in [2.75, 3.05) is 36.9 Å². The van der Waals surface area contributed by atoms with Crippen LogP contribution >= 0.6 is 0 Å². The zero-order valence-electron chi connectivity index (χ0n) is 10.7. The highest BCUT2D eigenvalue weighted by atomic mass is 16.5. The highest BCUT2D eigenvalue weighted by Crippen LogP contribution is 2.19. The number of rotatable bonds is 7. The van der Waals surface area contributed by atoms with Gasteiger partial charge in [-0.3, -0.25) is 0 Å². The zero-order valence-corrected chi connectivity index (χ0v) is 10.7. The first-order chi connectivity index (χ1) is 8.60. The number of hydrogen-bond donors (Lipinski definition) is 2. The van der Waals surface area contributed by atoms with Crippen LogP contribution < -0.4 is 10.6 Å². The molecule has 0 spiro atoms. The van der Waals surface area contributed by atoms with Crippen molar-refractivity contribution in [3.63, 3.8) is 0 Å². The molecule has 0 aromatic carbocycles. The van der Waals surface area contributed by atoms with Crippen molar-refractivity contribution in [1.82, 2.24) is 4.98 Å². The lowest BCUT2D eigenvalue weighted by molar-refractivity contribution is 0.0697. The number of ether oxygens (including phenoxy) is 1. The monoisotopic (exact) mass is 253 g/mol. The Kier molecular flexibility index (Phi) is 5.38. The van der Waals surface area contributed by atoms with E-state index in [9.17, 15) is 4.79 Å². The minimum absolute atomic E-state index is 0.119. The molecule has 1 aromatic rings. The van der Waals surface area contributed by atoms with Crippen LogP contribution in [0.5, 0.6) is 0 Å².